The predicted molar refractivity (Wildman–Crippen MR) is 51.7 cm³/mol. The van der Waals surface area contributed by atoms with Gasteiger partial charge in [0.1, 0.15) is 5.75 Å². The monoisotopic (exact) mass is 206 g/mol. The van der Waals surface area contributed by atoms with Crippen LogP contribution in [0.25, 0.3) is 0 Å². The van der Waals surface area contributed by atoms with E-state index in [1.807, 2.05) is 0 Å². The number of hydrogen-bond donors (Lipinski definition) is 2. The Morgan fingerprint density at radius 3 is 2.60 bits per heavy atom. The second kappa shape index (κ2) is 4.98. The van der Waals surface area contributed by atoms with E-state index in [1.165, 1.54) is 0 Å². The van der Waals surface area contributed by atoms with Crippen molar-refractivity contribution in [3.05, 3.63) is 29.8 Å². The summed E-state index contributed by atoms with van der Waals surface area (Å²) in [4.78, 5) is 10.4. The Kier molecular flexibility index (Phi) is 3.66. The van der Waals surface area contributed by atoms with Crippen LogP contribution in [0.5, 0.6) is 5.75 Å². The molecule has 0 bridgehead atoms. The summed E-state index contributed by atoms with van der Waals surface area (Å²) in [5.74, 6) is -0.0983. The first-order chi connectivity index (χ1) is 7.13. The van der Waals surface area contributed by atoms with E-state index in [4.69, 9.17) is 20.8 Å². The number of nitriles is 1. The molecule has 0 aliphatic carbocycles. The molecule has 0 saturated carbocycles. The zero-order valence-corrected chi connectivity index (χ0v) is 7.88. The van der Waals surface area contributed by atoms with Crippen LogP contribution in [-0.2, 0) is 4.79 Å². The Balaban J connectivity index is 2.65. The normalized spacial score (nSPS) is 11.5. The van der Waals surface area contributed by atoms with E-state index in [2.05, 4.69) is 0 Å². The van der Waals surface area contributed by atoms with E-state index in [1.54, 1.807) is 30.3 Å². The van der Waals surface area contributed by atoms with E-state index in [9.17, 15) is 4.79 Å². The number of nitrogens with two attached hydrogens (primary N) is 1. The van der Waals surface area contributed by atoms with Crippen LogP contribution < -0.4 is 10.5 Å². The number of hydrogen-bond acceptors (Lipinski definition) is 4. The molecule has 5 heteroatoms. The van der Waals surface area contributed by atoms with Gasteiger partial charge in [-0.15, -0.1) is 0 Å². The Bertz CT molecular complexity index is 381. The Morgan fingerprint density at radius 1 is 1.53 bits per heavy atom. The summed E-state index contributed by atoms with van der Waals surface area (Å²) in [6, 6.07) is 7.89. The molecular weight excluding hydrogens is 196 g/mol. The van der Waals surface area contributed by atoms with Gasteiger partial charge in [0.2, 0.25) is 0 Å². The maximum Gasteiger partial charge on any atom is 0.255 e. The van der Waals surface area contributed by atoms with Crippen molar-refractivity contribution in [3.8, 4) is 11.8 Å². The molecule has 5 nitrogen and oxygen atoms in total. The zero-order chi connectivity index (χ0) is 11.3. The van der Waals surface area contributed by atoms with Crippen LogP contribution in [0.2, 0.25) is 0 Å². The molecule has 1 rings (SSSR count). The molecule has 0 heterocycles. The number of aliphatic hydroxyl groups excluding tert-OH is 1. The molecule has 1 aromatic carbocycles. The van der Waals surface area contributed by atoms with Crippen LogP contribution in [0.3, 0.4) is 0 Å². The van der Waals surface area contributed by atoms with Crippen molar-refractivity contribution in [2.75, 3.05) is 6.61 Å². The molecule has 1 aromatic rings. The average Bonchev–Trinajstić information content (AvgIpc) is 2.26. The number of aliphatic hydroxyl groups is 1. The lowest BCUT2D eigenvalue weighted by atomic mass is 10.1. The third-order valence-electron chi connectivity index (χ3n) is 1.70. The minimum absolute atomic E-state index is 0.194. The Hall–Kier alpha value is -2.06. The third kappa shape index (κ3) is 3.29. The second-order valence-electron chi connectivity index (χ2n) is 2.86. The van der Waals surface area contributed by atoms with Crippen molar-refractivity contribution >= 4 is 5.91 Å². The molecule has 1 amide bonds. The molecule has 1 unspecified atom stereocenters. The quantitative estimate of drug-likeness (QED) is 0.683. The highest BCUT2D eigenvalue weighted by atomic mass is 16.5. The molecule has 0 aliphatic rings. The highest BCUT2D eigenvalue weighted by Crippen LogP contribution is 2.16. The Labute approximate surface area is 86.7 Å². The molecule has 0 aromatic heterocycles. The van der Waals surface area contributed by atoms with Gasteiger partial charge in [0, 0.05) is 0 Å². The van der Waals surface area contributed by atoms with Gasteiger partial charge in [-0.2, -0.15) is 5.26 Å². The van der Waals surface area contributed by atoms with Gasteiger partial charge < -0.3 is 15.6 Å². The van der Waals surface area contributed by atoms with Crippen molar-refractivity contribution in [1.29, 1.82) is 5.26 Å². The molecule has 0 spiro atoms. The van der Waals surface area contributed by atoms with Gasteiger partial charge in [0.15, 0.2) is 12.7 Å². The minimum Gasteiger partial charge on any atom is -0.484 e. The van der Waals surface area contributed by atoms with Crippen molar-refractivity contribution in [1.82, 2.24) is 0 Å². The standard InChI is InChI=1S/C10H10N2O3/c11-5-9(13)7-1-3-8(4-2-7)15-6-10(12)14/h1-4,9,13H,6H2,(H2,12,14). The fourth-order valence-electron chi connectivity index (χ4n) is 0.975. The first kappa shape index (κ1) is 11.0. The van der Waals surface area contributed by atoms with Crippen molar-refractivity contribution in [2.45, 2.75) is 6.10 Å². The zero-order valence-electron chi connectivity index (χ0n) is 7.88. The molecule has 0 saturated heterocycles. The summed E-state index contributed by atoms with van der Waals surface area (Å²) in [5, 5.41) is 17.6. The predicted octanol–water partition coefficient (Wildman–Crippen LogP) is 0.108. The molecule has 1 atom stereocenters. The van der Waals surface area contributed by atoms with Gasteiger partial charge in [-0.1, -0.05) is 12.1 Å². The van der Waals surface area contributed by atoms with Gasteiger partial charge in [-0.05, 0) is 17.7 Å². The topological polar surface area (TPSA) is 96.3 Å². The summed E-state index contributed by atoms with van der Waals surface area (Å²) in [6.07, 6.45) is -1.14. The van der Waals surface area contributed by atoms with Crippen molar-refractivity contribution in [3.63, 3.8) is 0 Å². The molecule has 0 radical (unpaired) electrons. The van der Waals surface area contributed by atoms with Crippen LogP contribution in [0.15, 0.2) is 24.3 Å². The lowest BCUT2D eigenvalue weighted by Gasteiger charge is -2.05. The van der Waals surface area contributed by atoms with Crippen molar-refractivity contribution < 1.29 is 14.6 Å². The highest BCUT2D eigenvalue weighted by molar-refractivity contribution is 5.75. The number of primary amides is 1. The SMILES string of the molecule is N#CC(O)c1ccc(OCC(N)=O)cc1. The van der Waals surface area contributed by atoms with E-state index < -0.39 is 12.0 Å². The number of rotatable bonds is 4. The van der Waals surface area contributed by atoms with Crippen molar-refractivity contribution in [2.24, 2.45) is 5.73 Å². The summed E-state index contributed by atoms with van der Waals surface area (Å²) in [5.41, 5.74) is 5.37. The lowest BCUT2D eigenvalue weighted by Crippen LogP contribution is -2.19. The number of benzene rings is 1. The smallest absolute Gasteiger partial charge is 0.255 e. The third-order valence-corrected chi connectivity index (χ3v) is 1.70. The van der Waals surface area contributed by atoms with Gasteiger partial charge in [0.25, 0.3) is 5.91 Å². The molecule has 3 N–H and O–H groups in total. The number of carbonyl (C=O) groups excluding carboxylic acids is 1. The van der Waals surface area contributed by atoms with Crippen LogP contribution in [0, 0.1) is 11.3 Å². The van der Waals surface area contributed by atoms with E-state index in [-0.39, 0.29) is 6.61 Å². The number of ether oxygens (including phenoxy) is 1. The maximum absolute atomic E-state index is 10.4. The average molecular weight is 206 g/mol. The van der Waals surface area contributed by atoms with E-state index >= 15 is 0 Å². The minimum atomic E-state index is -1.14. The van der Waals surface area contributed by atoms with Gasteiger partial charge >= 0.3 is 0 Å². The molecule has 15 heavy (non-hydrogen) atoms. The summed E-state index contributed by atoms with van der Waals surface area (Å²) in [7, 11) is 0. The molecule has 0 fully saturated rings. The number of nitrogens with zero attached hydrogens (tertiary/aromatic N) is 1. The number of amides is 1. The van der Waals surface area contributed by atoms with Gasteiger partial charge in [0.05, 0.1) is 6.07 Å². The fourth-order valence-corrected chi connectivity index (χ4v) is 0.975. The first-order valence-corrected chi connectivity index (χ1v) is 4.22. The van der Waals surface area contributed by atoms with Gasteiger partial charge in [-0.3, -0.25) is 4.79 Å². The fraction of sp³-hybridized carbons (Fsp3) is 0.200. The van der Waals surface area contributed by atoms with E-state index in [0.717, 1.165) is 0 Å². The van der Waals surface area contributed by atoms with Crippen LogP contribution >= 0.6 is 0 Å². The lowest BCUT2D eigenvalue weighted by molar-refractivity contribution is -0.119. The molecule has 78 valence electrons. The highest BCUT2D eigenvalue weighted by Gasteiger charge is 2.05. The summed E-state index contributed by atoms with van der Waals surface area (Å²) in [6.45, 7) is -0.194. The summed E-state index contributed by atoms with van der Waals surface area (Å²) >= 11 is 0. The molecular formula is C10H10N2O3. The molecule has 0 aliphatic heterocycles. The van der Waals surface area contributed by atoms with Crippen LogP contribution in [-0.4, -0.2) is 17.6 Å². The Morgan fingerprint density at radius 2 is 2.13 bits per heavy atom. The number of carbonyl (C=O) groups is 1. The van der Waals surface area contributed by atoms with E-state index in [0.29, 0.717) is 11.3 Å². The maximum atomic E-state index is 10.4. The second-order valence-corrected chi connectivity index (χ2v) is 2.86. The largest absolute Gasteiger partial charge is 0.484 e. The summed E-state index contributed by atoms with van der Waals surface area (Å²) < 4.78 is 5.00. The first-order valence-electron chi connectivity index (χ1n) is 4.22. The van der Waals surface area contributed by atoms with Gasteiger partial charge in [-0.25, -0.2) is 0 Å². The van der Waals surface area contributed by atoms with Crippen LogP contribution in [0.1, 0.15) is 11.7 Å². The van der Waals surface area contributed by atoms with Crippen LogP contribution in [0.4, 0.5) is 0 Å².